The Labute approximate surface area is 109 Å². The molecule has 0 atom stereocenters. The summed E-state index contributed by atoms with van der Waals surface area (Å²) < 4.78 is 13.1. The van der Waals surface area contributed by atoms with Crippen molar-refractivity contribution in [3.05, 3.63) is 29.6 Å². The zero-order chi connectivity index (χ0) is 14.4. The van der Waals surface area contributed by atoms with Crippen LogP contribution in [0.3, 0.4) is 0 Å². The summed E-state index contributed by atoms with van der Waals surface area (Å²) in [4.78, 5) is 36.6. The molecule has 6 heteroatoms. The normalized spacial score (nSPS) is 18.5. The number of urea groups is 1. The maximum atomic E-state index is 13.1. The topological polar surface area (TPSA) is 66.5 Å². The molecule has 1 heterocycles. The Morgan fingerprint density at radius 2 is 1.84 bits per heavy atom. The van der Waals surface area contributed by atoms with Gasteiger partial charge in [-0.05, 0) is 44.5 Å². The summed E-state index contributed by atoms with van der Waals surface area (Å²) in [5.74, 6) is -1.73. The van der Waals surface area contributed by atoms with Crippen LogP contribution in [0.25, 0.3) is 0 Å². The van der Waals surface area contributed by atoms with Gasteiger partial charge in [0.1, 0.15) is 11.2 Å². The highest BCUT2D eigenvalue weighted by atomic mass is 19.1. The van der Waals surface area contributed by atoms with Gasteiger partial charge < -0.3 is 0 Å². The van der Waals surface area contributed by atoms with Gasteiger partial charge in [-0.3, -0.25) is 14.9 Å². The lowest BCUT2D eigenvalue weighted by Gasteiger charge is -2.35. The van der Waals surface area contributed by atoms with Gasteiger partial charge in [-0.1, -0.05) is 0 Å². The van der Waals surface area contributed by atoms with Crippen LogP contribution < -0.4 is 10.2 Å². The van der Waals surface area contributed by atoms with E-state index in [-0.39, 0.29) is 5.69 Å². The summed E-state index contributed by atoms with van der Waals surface area (Å²) in [6.45, 7) is 4.45. The molecule has 1 aliphatic heterocycles. The number of amides is 4. The number of hydrogen-bond acceptors (Lipinski definition) is 3. The summed E-state index contributed by atoms with van der Waals surface area (Å²) >= 11 is 0. The molecule has 1 aliphatic rings. The minimum atomic E-state index is -1.34. The summed E-state index contributed by atoms with van der Waals surface area (Å²) in [7, 11) is 0. The van der Waals surface area contributed by atoms with Crippen LogP contribution in [0.2, 0.25) is 0 Å². The van der Waals surface area contributed by atoms with Gasteiger partial charge in [0.05, 0.1) is 5.69 Å². The molecule has 4 amide bonds. The van der Waals surface area contributed by atoms with E-state index in [9.17, 15) is 18.8 Å². The smallest absolute Gasteiger partial charge is 0.276 e. The van der Waals surface area contributed by atoms with Crippen molar-refractivity contribution >= 4 is 23.5 Å². The number of anilines is 1. The highest BCUT2D eigenvalue weighted by Gasteiger charge is 2.47. The third-order valence-corrected chi connectivity index (χ3v) is 3.13. The Morgan fingerprint density at radius 1 is 1.21 bits per heavy atom. The predicted octanol–water partition coefficient (Wildman–Crippen LogP) is 1.74. The molecule has 0 radical (unpaired) electrons. The van der Waals surface area contributed by atoms with Crippen molar-refractivity contribution in [1.82, 2.24) is 5.32 Å². The lowest BCUT2D eigenvalue weighted by molar-refractivity contribution is -0.140. The first-order chi connectivity index (χ1) is 8.75. The van der Waals surface area contributed by atoms with Gasteiger partial charge in [0.15, 0.2) is 0 Å². The molecule has 1 saturated heterocycles. The van der Waals surface area contributed by atoms with E-state index >= 15 is 0 Å². The number of aryl methyl sites for hydroxylation is 1. The average molecular weight is 264 g/mol. The van der Waals surface area contributed by atoms with Crippen molar-refractivity contribution < 1.29 is 18.8 Å². The highest BCUT2D eigenvalue weighted by Crippen LogP contribution is 2.30. The van der Waals surface area contributed by atoms with Gasteiger partial charge in [-0.2, -0.15) is 0 Å². The molecule has 0 bridgehead atoms. The Kier molecular flexibility index (Phi) is 2.88. The summed E-state index contributed by atoms with van der Waals surface area (Å²) in [5.41, 5.74) is -0.632. The molecule has 1 aromatic rings. The van der Waals surface area contributed by atoms with Crippen LogP contribution in [0.1, 0.15) is 19.4 Å². The summed E-state index contributed by atoms with van der Waals surface area (Å²) in [6.07, 6.45) is 0. The van der Waals surface area contributed by atoms with Crippen molar-refractivity contribution in [3.8, 4) is 0 Å². The molecule has 0 aromatic heterocycles. The zero-order valence-electron chi connectivity index (χ0n) is 10.8. The van der Waals surface area contributed by atoms with Gasteiger partial charge in [0.25, 0.3) is 0 Å². The van der Waals surface area contributed by atoms with E-state index in [0.717, 1.165) is 11.0 Å². The van der Waals surface area contributed by atoms with Gasteiger partial charge in [-0.15, -0.1) is 0 Å². The maximum absolute atomic E-state index is 13.1. The molecule has 100 valence electrons. The number of barbiturate groups is 1. The van der Waals surface area contributed by atoms with E-state index in [4.69, 9.17) is 0 Å². The van der Waals surface area contributed by atoms with E-state index in [1.165, 1.54) is 26.0 Å². The second kappa shape index (κ2) is 4.15. The van der Waals surface area contributed by atoms with Crippen LogP contribution >= 0.6 is 0 Å². The van der Waals surface area contributed by atoms with E-state index in [1.54, 1.807) is 6.92 Å². The first-order valence-corrected chi connectivity index (χ1v) is 5.71. The standard InChI is InChI=1S/C13H13FN2O3/c1-7-6-8(14)4-5-9(7)16-11(18)13(2,3)10(17)15-12(16)19/h4-6H,1-3H3,(H,15,17,19). The van der Waals surface area contributed by atoms with Crippen LogP contribution in [0.4, 0.5) is 14.9 Å². The van der Waals surface area contributed by atoms with Crippen molar-refractivity contribution in [2.24, 2.45) is 5.41 Å². The summed E-state index contributed by atoms with van der Waals surface area (Å²) in [5, 5.41) is 2.12. The van der Waals surface area contributed by atoms with E-state index < -0.39 is 29.1 Å². The minimum Gasteiger partial charge on any atom is -0.276 e. The maximum Gasteiger partial charge on any atom is 0.335 e. The number of hydrogen-bond donors (Lipinski definition) is 1. The second-order valence-corrected chi connectivity index (χ2v) is 4.96. The van der Waals surface area contributed by atoms with Crippen LogP contribution in [-0.2, 0) is 9.59 Å². The number of carbonyl (C=O) groups is 3. The molecule has 5 nitrogen and oxygen atoms in total. The van der Waals surface area contributed by atoms with Crippen LogP contribution in [0.5, 0.6) is 0 Å². The van der Waals surface area contributed by atoms with Crippen molar-refractivity contribution in [1.29, 1.82) is 0 Å². The van der Waals surface area contributed by atoms with Crippen molar-refractivity contribution in [2.75, 3.05) is 4.90 Å². The molecule has 0 saturated carbocycles. The lowest BCUT2D eigenvalue weighted by Crippen LogP contribution is -2.62. The Hall–Kier alpha value is -2.24. The van der Waals surface area contributed by atoms with Gasteiger partial charge in [0.2, 0.25) is 11.8 Å². The van der Waals surface area contributed by atoms with E-state index in [2.05, 4.69) is 5.32 Å². The SMILES string of the molecule is Cc1cc(F)ccc1N1C(=O)NC(=O)C(C)(C)C1=O. The fourth-order valence-corrected chi connectivity index (χ4v) is 1.87. The number of nitrogens with zero attached hydrogens (tertiary/aromatic N) is 1. The van der Waals surface area contributed by atoms with Crippen molar-refractivity contribution in [3.63, 3.8) is 0 Å². The van der Waals surface area contributed by atoms with E-state index in [0.29, 0.717) is 5.56 Å². The number of benzene rings is 1. The fourth-order valence-electron chi connectivity index (χ4n) is 1.87. The Morgan fingerprint density at radius 3 is 2.42 bits per heavy atom. The first-order valence-electron chi connectivity index (χ1n) is 5.71. The van der Waals surface area contributed by atoms with Gasteiger partial charge in [-0.25, -0.2) is 14.1 Å². The van der Waals surface area contributed by atoms with Crippen LogP contribution in [0, 0.1) is 18.2 Å². The molecule has 1 aromatic carbocycles. The van der Waals surface area contributed by atoms with Crippen LogP contribution in [0.15, 0.2) is 18.2 Å². The van der Waals surface area contributed by atoms with E-state index in [1.807, 2.05) is 0 Å². The van der Waals surface area contributed by atoms with Crippen molar-refractivity contribution in [2.45, 2.75) is 20.8 Å². The average Bonchev–Trinajstić information content (AvgIpc) is 2.30. The molecular formula is C13H13FN2O3. The predicted molar refractivity (Wildman–Crippen MR) is 65.9 cm³/mol. The van der Waals surface area contributed by atoms with Gasteiger partial charge in [0, 0.05) is 0 Å². The minimum absolute atomic E-state index is 0.268. The van der Waals surface area contributed by atoms with Gasteiger partial charge >= 0.3 is 6.03 Å². The largest absolute Gasteiger partial charge is 0.335 e. The summed E-state index contributed by atoms with van der Waals surface area (Å²) in [6, 6.07) is 2.91. The Balaban J connectivity index is 2.52. The number of nitrogens with one attached hydrogen (secondary N) is 1. The molecule has 0 spiro atoms. The number of carbonyl (C=O) groups excluding carboxylic acids is 3. The number of halogens is 1. The molecule has 1 N–H and O–H groups in total. The molecule has 0 unspecified atom stereocenters. The third-order valence-electron chi connectivity index (χ3n) is 3.13. The fraction of sp³-hybridized carbons (Fsp3) is 0.308. The monoisotopic (exact) mass is 264 g/mol. The quantitative estimate of drug-likeness (QED) is 0.786. The second-order valence-electron chi connectivity index (χ2n) is 4.96. The Bertz CT molecular complexity index is 596. The number of imide groups is 2. The number of rotatable bonds is 1. The molecule has 0 aliphatic carbocycles. The molecule has 1 fully saturated rings. The molecule has 2 rings (SSSR count). The van der Waals surface area contributed by atoms with Crippen LogP contribution in [-0.4, -0.2) is 17.8 Å². The third kappa shape index (κ3) is 1.99. The first kappa shape index (κ1) is 13.2. The highest BCUT2D eigenvalue weighted by molar-refractivity contribution is 6.29. The molecular weight excluding hydrogens is 251 g/mol. The lowest BCUT2D eigenvalue weighted by atomic mass is 9.88. The zero-order valence-corrected chi connectivity index (χ0v) is 10.8. The molecule has 19 heavy (non-hydrogen) atoms.